The van der Waals surface area contributed by atoms with Gasteiger partial charge >= 0.3 is 42.4 Å². The summed E-state index contributed by atoms with van der Waals surface area (Å²) in [5.41, 5.74) is 0. The molecule has 0 saturated carbocycles. The molecule has 0 radical (unpaired) electrons. The summed E-state index contributed by atoms with van der Waals surface area (Å²) >= 11 is 0.689. The normalized spacial score (nSPS) is 6.60. The fraction of sp³-hybridized carbons (Fsp3) is 0.500. The molecule has 2 nitrogen and oxygen atoms in total. The van der Waals surface area contributed by atoms with Crippen LogP contribution in [0.3, 0.4) is 0 Å². The summed E-state index contributed by atoms with van der Waals surface area (Å²) in [5, 5.41) is 0. The zero-order valence-electron chi connectivity index (χ0n) is 2.76. The van der Waals surface area contributed by atoms with Gasteiger partial charge in [-0.05, 0) is 0 Å². The molecule has 0 aliphatic rings. The molecule has 0 aromatic heterocycles. The van der Waals surface area contributed by atoms with Gasteiger partial charge in [0.2, 0.25) is 0 Å². The van der Waals surface area contributed by atoms with E-state index in [0.717, 1.165) is 0 Å². The summed E-state index contributed by atoms with van der Waals surface area (Å²) in [6.07, 6.45) is 0. The Hall–Kier alpha value is 0.210. The molecule has 0 fully saturated rings. The van der Waals surface area contributed by atoms with Gasteiger partial charge in [0.1, 0.15) is 0 Å². The molecule has 0 heterocycles. The van der Waals surface area contributed by atoms with Gasteiger partial charge in [0.05, 0.1) is 0 Å². The first-order valence-electron chi connectivity index (χ1n) is 1.09. The predicted octanol–water partition coefficient (Wildman–Crippen LogP) is 0.0113. The average Bonchev–Trinajstić information content (AvgIpc) is 1.38. The quantitative estimate of drug-likeness (QED) is 0.596. The standard InChI is InChI=1S/C2H4O2.Ta/c1-2(3)4;/h1H3,(H,3,4);/q;+1/p-1. The SMILES string of the molecule is CC(=O)[O][Ta]. The number of hydrogen-bond donors (Lipinski definition) is 0. The van der Waals surface area contributed by atoms with Crippen LogP contribution in [0.15, 0.2) is 0 Å². The third kappa shape index (κ3) is 4.21. The Labute approximate surface area is 42.9 Å². The predicted molar refractivity (Wildman–Crippen MR) is 11.8 cm³/mol. The van der Waals surface area contributed by atoms with Gasteiger partial charge in [-0.1, -0.05) is 0 Å². The molecule has 0 amide bonds. The van der Waals surface area contributed by atoms with E-state index in [-0.39, 0.29) is 5.97 Å². The fourth-order valence-corrected chi connectivity index (χ4v) is 0. The van der Waals surface area contributed by atoms with Gasteiger partial charge in [-0.25, -0.2) is 0 Å². The number of carbonyl (C=O) groups is 1. The zero-order chi connectivity index (χ0) is 4.28. The van der Waals surface area contributed by atoms with E-state index in [9.17, 15) is 4.79 Å². The molecule has 0 unspecified atom stereocenters. The minimum absolute atomic E-state index is 0.196. The molecule has 0 aromatic carbocycles. The Morgan fingerprint density at radius 3 is 2.20 bits per heavy atom. The van der Waals surface area contributed by atoms with Gasteiger partial charge in [-0.3, -0.25) is 0 Å². The topological polar surface area (TPSA) is 26.3 Å². The summed E-state index contributed by atoms with van der Waals surface area (Å²) in [7, 11) is 0. The fourth-order valence-electron chi connectivity index (χ4n) is 0. The van der Waals surface area contributed by atoms with Crippen molar-refractivity contribution in [2.45, 2.75) is 6.92 Å². The van der Waals surface area contributed by atoms with Crippen molar-refractivity contribution < 1.29 is 29.5 Å². The van der Waals surface area contributed by atoms with Gasteiger partial charge in [0.25, 0.3) is 0 Å². The first-order chi connectivity index (χ1) is 2.27. The molecule has 0 saturated heterocycles. The van der Waals surface area contributed by atoms with Gasteiger partial charge in [0.15, 0.2) is 0 Å². The second kappa shape index (κ2) is 2.45. The van der Waals surface area contributed by atoms with E-state index in [1.54, 1.807) is 0 Å². The molecule has 5 heavy (non-hydrogen) atoms. The van der Waals surface area contributed by atoms with E-state index < -0.39 is 0 Å². The summed E-state index contributed by atoms with van der Waals surface area (Å²) in [6.45, 7) is 1.39. The maximum absolute atomic E-state index is 9.62. The minimum atomic E-state index is -0.196. The van der Waals surface area contributed by atoms with Crippen LogP contribution in [0.2, 0.25) is 0 Å². The van der Waals surface area contributed by atoms with Crippen LogP contribution in [0, 0.1) is 0 Å². The number of rotatable bonds is 0. The van der Waals surface area contributed by atoms with Crippen LogP contribution in [-0.2, 0) is 29.5 Å². The van der Waals surface area contributed by atoms with E-state index >= 15 is 0 Å². The molecular weight excluding hydrogens is 237 g/mol. The summed E-state index contributed by atoms with van der Waals surface area (Å²) in [5.74, 6) is -0.196. The van der Waals surface area contributed by atoms with E-state index in [4.69, 9.17) is 0 Å². The van der Waals surface area contributed by atoms with Crippen LogP contribution in [0.4, 0.5) is 0 Å². The monoisotopic (exact) mass is 240 g/mol. The van der Waals surface area contributed by atoms with Crippen LogP contribution >= 0.6 is 0 Å². The third-order valence-electron chi connectivity index (χ3n) is 0.129. The van der Waals surface area contributed by atoms with Crippen molar-refractivity contribution in [1.82, 2.24) is 0 Å². The van der Waals surface area contributed by atoms with Crippen molar-refractivity contribution >= 4 is 5.97 Å². The first-order valence-corrected chi connectivity index (χ1v) is 2.40. The molecule has 0 N–H and O–H groups in total. The van der Waals surface area contributed by atoms with Gasteiger partial charge in [0, 0.05) is 0 Å². The van der Waals surface area contributed by atoms with Crippen LogP contribution in [-0.4, -0.2) is 5.97 Å². The Morgan fingerprint density at radius 2 is 2.20 bits per heavy atom. The molecule has 3 heteroatoms. The molecular formula is C2H3O2Ta. The van der Waals surface area contributed by atoms with Gasteiger partial charge in [-0.2, -0.15) is 0 Å². The van der Waals surface area contributed by atoms with Gasteiger partial charge in [-0.15, -0.1) is 0 Å². The van der Waals surface area contributed by atoms with Crippen molar-refractivity contribution in [3.05, 3.63) is 0 Å². The van der Waals surface area contributed by atoms with Crippen molar-refractivity contribution in [2.75, 3.05) is 0 Å². The molecule has 0 rings (SSSR count). The van der Waals surface area contributed by atoms with E-state index in [1.165, 1.54) is 6.92 Å². The van der Waals surface area contributed by atoms with Crippen molar-refractivity contribution in [1.29, 1.82) is 0 Å². The summed E-state index contributed by atoms with van der Waals surface area (Å²) < 4.78 is 4.22. The van der Waals surface area contributed by atoms with E-state index in [1.807, 2.05) is 0 Å². The zero-order valence-corrected chi connectivity index (χ0v) is 5.98. The Morgan fingerprint density at radius 1 is 2.00 bits per heavy atom. The number of hydrogen-bond acceptors (Lipinski definition) is 2. The second-order valence-electron chi connectivity index (χ2n) is 0.583. The van der Waals surface area contributed by atoms with Gasteiger partial charge < -0.3 is 0 Å². The Kier molecular flexibility index (Phi) is 2.55. The molecule has 0 aliphatic carbocycles. The third-order valence-corrected chi connectivity index (χ3v) is 1.05. The second-order valence-corrected chi connectivity index (χ2v) is 1.24. The molecule has 0 aromatic rings. The number of carbonyl (C=O) groups excluding carboxylic acids is 1. The van der Waals surface area contributed by atoms with Crippen LogP contribution in [0.25, 0.3) is 0 Å². The van der Waals surface area contributed by atoms with Crippen molar-refractivity contribution in [2.24, 2.45) is 0 Å². The Balaban J connectivity index is 2.85. The molecule has 0 atom stereocenters. The van der Waals surface area contributed by atoms with Crippen LogP contribution in [0.1, 0.15) is 6.92 Å². The average molecular weight is 240 g/mol. The molecule has 0 aliphatic heterocycles. The summed E-state index contributed by atoms with van der Waals surface area (Å²) in [4.78, 5) is 9.62. The molecule has 0 bridgehead atoms. The Bertz CT molecular complexity index is 42.9. The van der Waals surface area contributed by atoms with Crippen molar-refractivity contribution in [3.8, 4) is 0 Å². The molecule has 0 spiro atoms. The van der Waals surface area contributed by atoms with E-state index in [0.29, 0.717) is 21.5 Å². The van der Waals surface area contributed by atoms with Crippen molar-refractivity contribution in [3.63, 3.8) is 0 Å². The summed E-state index contributed by atoms with van der Waals surface area (Å²) in [6, 6.07) is 0. The first kappa shape index (κ1) is 5.21. The van der Waals surface area contributed by atoms with Crippen LogP contribution in [0.5, 0.6) is 0 Å². The van der Waals surface area contributed by atoms with E-state index in [2.05, 4.69) is 3.24 Å². The maximum atomic E-state index is 9.62. The molecule has 28 valence electrons. The van der Waals surface area contributed by atoms with Crippen LogP contribution < -0.4 is 0 Å².